The normalized spacial score (nSPS) is 19.8. The summed E-state index contributed by atoms with van der Waals surface area (Å²) in [7, 11) is -2.08. The third kappa shape index (κ3) is 3.66. The fourth-order valence-electron chi connectivity index (χ4n) is 2.72. The maximum Gasteiger partial charge on any atom is 0.242 e. The maximum absolute atomic E-state index is 12.4. The monoisotopic (exact) mass is 313 g/mol. The predicted molar refractivity (Wildman–Crippen MR) is 82.9 cm³/mol. The number of likely N-dealkylation sites (tertiary alicyclic amines) is 1. The molecule has 1 unspecified atom stereocenters. The summed E-state index contributed by atoms with van der Waals surface area (Å²) in [5.41, 5.74) is 6.01. The van der Waals surface area contributed by atoms with Crippen molar-refractivity contribution in [1.29, 1.82) is 0 Å². The third-order valence-electron chi connectivity index (χ3n) is 3.92. The molecule has 0 spiro atoms. The molecule has 2 rings (SSSR count). The van der Waals surface area contributed by atoms with Crippen molar-refractivity contribution >= 4 is 15.7 Å². The van der Waals surface area contributed by atoms with Crippen molar-refractivity contribution in [3.05, 3.63) is 18.2 Å². The molecular weight excluding hydrogens is 290 g/mol. The number of ether oxygens (including phenoxy) is 1. The summed E-state index contributed by atoms with van der Waals surface area (Å²) in [6.07, 6.45) is 2.14. The lowest BCUT2D eigenvalue weighted by atomic mass is 10.2. The van der Waals surface area contributed by atoms with E-state index in [-0.39, 0.29) is 16.6 Å². The second kappa shape index (κ2) is 6.64. The summed E-state index contributed by atoms with van der Waals surface area (Å²) in [4.78, 5) is 2.39. The van der Waals surface area contributed by atoms with Crippen molar-refractivity contribution in [2.75, 3.05) is 32.5 Å². The van der Waals surface area contributed by atoms with E-state index >= 15 is 0 Å². The molecule has 6 nitrogen and oxygen atoms in total. The van der Waals surface area contributed by atoms with Gasteiger partial charge >= 0.3 is 0 Å². The summed E-state index contributed by atoms with van der Waals surface area (Å²) in [5, 5.41) is 0. The number of rotatable bonds is 6. The molecule has 0 aromatic heterocycles. The zero-order valence-corrected chi connectivity index (χ0v) is 13.3. The summed E-state index contributed by atoms with van der Waals surface area (Å²) >= 11 is 0. The van der Waals surface area contributed by atoms with Crippen LogP contribution in [0.25, 0.3) is 0 Å². The molecule has 1 atom stereocenters. The molecular formula is C14H23N3O3S. The Labute approximate surface area is 126 Å². The van der Waals surface area contributed by atoms with E-state index in [9.17, 15) is 8.42 Å². The van der Waals surface area contributed by atoms with Gasteiger partial charge in [-0.2, -0.15) is 0 Å². The minimum absolute atomic E-state index is 0.101. The summed E-state index contributed by atoms with van der Waals surface area (Å²) < 4.78 is 32.4. The smallest absolute Gasteiger partial charge is 0.242 e. The van der Waals surface area contributed by atoms with Gasteiger partial charge in [-0.3, -0.25) is 4.90 Å². The number of benzene rings is 1. The first-order chi connectivity index (χ1) is 9.97. The molecule has 1 aliphatic heterocycles. The van der Waals surface area contributed by atoms with Gasteiger partial charge in [0.15, 0.2) is 0 Å². The summed E-state index contributed by atoms with van der Waals surface area (Å²) in [6.45, 7) is 4.49. The first kappa shape index (κ1) is 16.1. The number of nitrogens with zero attached hydrogens (tertiary/aromatic N) is 1. The lowest BCUT2D eigenvalue weighted by Crippen LogP contribution is -2.40. The molecule has 118 valence electrons. The Hall–Kier alpha value is -1.31. The molecule has 3 N–H and O–H groups in total. The molecule has 7 heteroatoms. The second-order valence-corrected chi connectivity index (χ2v) is 6.92. The minimum Gasteiger partial charge on any atom is -0.497 e. The number of anilines is 1. The first-order valence-electron chi connectivity index (χ1n) is 7.15. The van der Waals surface area contributed by atoms with Crippen LogP contribution in [0.15, 0.2) is 23.1 Å². The van der Waals surface area contributed by atoms with Crippen molar-refractivity contribution in [2.24, 2.45) is 0 Å². The number of nitrogens with two attached hydrogens (primary N) is 1. The molecule has 1 fully saturated rings. The van der Waals surface area contributed by atoms with E-state index in [2.05, 4.69) is 16.5 Å². The quantitative estimate of drug-likeness (QED) is 0.767. The lowest BCUT2D eigenvalue weighted by Gasteiger charge is -2.23. The Morgan fingerprint density at radius 3 is 2.86 bits per heavy atom. The van der Waals surface area contributed by atoms with Crippen molar-refractivity contribution in [3.8, 4) is 5.75 Å². The van der Waals surface area contributed by atoms with Crippen molar-refractivity contribution < 1.29 is 13.2 Å². The first-order valence-corrected chi connectivity index (χ1v) is 8.63. The summed E-state index contributed by atoms with van der Waals surface area (Å²) in [6, 6.07) is 4.86. The average molecular weight is 313 g/mol. The number of hydrogen-bond acceptors (Lipinski definition) is 5. The molecule has 1 aliphatic rings. The topological polar surface area (TPSA) is 84.7 Å². The van der Waals surface area contributed by atoms with Gasteiger partial charge in [0.05, 0.1) is 12.8 Å². The zero-order valence-electron chi connectivity index (χ0n) is 12.5. The number of hydrogen-bond donors (Lipinski definition) is 2. The van der Waals surface area contributed by atoms with Crippen LogP contribution in [0.2, 0.25) is 0 Å². The van der Waals surface area contributed by atoms with Gasteiger partial charge in [0, 0.05) is 18.7 Å². The van der Waals surface area contributed by atoms with E-state index in [0.29, 0.717) is 12.3 Å². The van der Waals surface area contributed by atoms with Gasteiger partial charge in [-0.15, -0.1) is 0 Å². The van der Waals surface area contributed by atoms with E-state index in [1.54, 1.807) is 6.07 Å². The third-order valence-corrected chi connectivity index (χ3v) is 5.42. The van der Waals surface area contributed by atoms with Gasteiger partial charge < -0.3 is 10.5 Å². The van der Waals surface area contributed by atoms with Crippen LogP contribution in [0.3, 0.4) is 0 Å². The van der Waals surface area contributed by atoms with Crippen LogP contribution in [0.4, 0.5) is 5.69 Å². The Bertz CT molecular complexity index is 589. The summed E-state index contributed by atoms with van der Waals surface area (Å²) in [5.74, 6) is 0.541. The molecule has 1 aromatic carbocycles. The van der Waals surface area contributed by atoms with Crippen LogP contribution in [-0.4, -0.2) is 46.1 Å². The molecule has 0 saturated carbocycles. The number of sulfonamides is 1. The van der Waals surface area contributed by atoms with Crippen LogP contribution in [0.5, 0.6) is 5.75 Å². The van der Waals surface area contributed by atoms with Crippen LogP contribution >= 0.6 is 0 Å². The molecule has 0 aliphatic carbocycles. The molecule has 21 heavy (non-hydrogen) atoms. The molecule has 0 radical (unpaired) electrons. The maximum atomic E-state index is 12.4. The zero-order chi connectivity index (χ0) is 15.5. The fourth-order valence-corrected chi connectivity index (χ4v) is 3.91. The van der Waals surface area contributed by atoms with Crippen LogP contribution in [0, 0.1) is 0 Å². The number of nitrogens with one attached hydrogen (secondary N) is 1. The van der Waals surface area contributed by atoms with Gasteiger partial charge in [0.1, 0.15) is 10.6 Å². The number of methoxy groups -OCH3 is 1. The highest BCUT2D eigenvalue weighted by Gasteiger charge is 2.25. The Morgan fingerprint density at radius 2 is 2.24 bits per heavy atom. The Balaban J connectivity index is 2.08. The van der Waals surface area contributed by atoms with Crippen LogP contribution < -0.4 is 15.2 Å². The predicted octanol–water partition coefficient (Wildman–Crippen LogP) is 1.04. The van der Waals surface area contributed by atoms with Crippen molar-refractivity contribution in [2.45, 2.75) is 30.7 Å². The molecule has 0 bridgehead atoms. The Morgan fingerprint density at radius 1 is 1.48 bits per heavy atom. The van der Waals surface area contributed by atoms with Crippen LogP contribution in [-0.2, 0) is 10.0 Å². The van der Waals surface area contributed by atoms with Crippen molar-refractivity contribution in [3.63, 3.8) is 0 Å². The highest BCUT2D eigenvalue weighted by atomic mass is 32.2. The number of likely N-dealkylation sites (N-methyl/N-ethyl adjacent to an activating group) is 1. The van der Waals surface area contributed by atoms with Crippen LogP contribution in [0.1, 0.15) is 19.8 Å². The average Bonchev–Trinajstić information content (AvgIpc) is 2.92. The highest BCUT2D eigenvalue weighted by Crippen LogP contribution is 2.24. The highest BCUT2D eigenvalue weighted by molar-refractivity contribution is 7.89. The lowest BCUT2D eigenvalue weighted by molar-refractivity contribution is 0.268. The van der Waals surface area contributed by atoms with E-state index in [1.807, 2.05) is 0 Å². The molecule has 1 aromatic rings. The molecule has 1 saturated heterocycles. The van der Waals surface area contributed by atoms with Gasteiger partial charge in [0.25, 0.3) is 0 Å². The van der Waals surface area contributed by atoms with Gasteiger partial charge in [-0.25, -0.2) is 13.1 Å². The molecule has 0 amide bonds. The SMILES string of the molecule is CCN1CCCC1CNS(=O)(=O)c1ccc(OC)cc1N. The largest absolute Gasteiger partial charge is 0.497 e. The Kier molecular flexibility index (Phi) is 5.08. The fraction of sp³-hybridized carbons (Fsp3) is 0.571. The van der Waals surface area contributed by atoms with Crippen molar-refractivity contribution in [1.82, 2.24) is 9.62 Å². The van der Waals surface area contributed by atoms with Gasteiger partial charge in [-0.05, 0) is 38.1 Å². The van der Waals surface area contributed by atoms with Gasteiger partial charge in [-0.1, -0.05) is 6.92 Å². The number of nitrogen functional groups attached to an aromatic ring is 1. The molecule has 1 heterocycles. The van der Waals surface area contributed by atoms with E-state index < -0.39 is 10.0 Å². The van der Waals surface area contributed by atoms with E-state index in [4.69, 9.17) is 10.5 Å². The van der Waals surface area contributed by atoms with Gasteiger partial charge in [0.2, 0.25) is 10.0 Å². The standard InChI is InChI=1S/C14H23N3O3S/c1-3-17-8-4-5-11(17)10-16-21(18,19)14-7-6-12(20-2)9-13(14)15/h6-7,9,11,16H,3-5,8,10,15H2,1-2H3. The van der Waals surface area contributed by atoms with E-state index in [1.165, 1.54) is 19.2 Å². The van der Waals surface area contributed by atoms with E-state index in [0.717, 1.165) is 25.9 Å². The second-order valence-electron chi connectivity index (χ2n) is 5.18. The minimum atomic E-state index is -3.59.